The van der Waals surface area contributed by atoms with Crippen molar-refractivity contribution in [1.82, 2.24) is 0 Å². The van der Waals surface area contributed by atoms with Gasteiger partial charge in [-0.15, -0.1) is 0 Å². The van der Waals surface area contributed by atoms with E-state index in [2.05, 4.69) is 68.4 Å². The fourth-order valence-electron chi connectivity index (χ4n) is 5.76. The third-order valence-electron chi connectivity index (χ3n) is 7.93. The first-order chi connectivity index (χ1) is 16.7. The van der Waals surface area contributed by atoms with Crippen LogP contribution in [0.5, 0.6) is 0 Å². The Balaban J connectivity index is 0.00000118. The highest BCUT2D eigenvalue weighted by Crippen LogP contribution is 2.40. The van der Waals surface area contributed by atoms with Crippen molar-refractivity contribution in [2.45, 2.75) is 133 Å². The molecule has 0 N–H and O–H groups in total. The average Bonchev–Trinajstić information content (AvgIpc) is 2.75. The van der Waals surface area contributed by atoms with E-state index < -0.39 is 0 Å². The van der Waals surface area contributed by atoms with Gasteiger partial charge < -0.3 is 0 Å². The summed E-state index contributed by atoms with van der Waals surface area (Å²) in [5.41, 5.74) is 5.80. The zero-order chi connectivity index (χ0) is 27.8. The molecule has 0 bridgehead atoms. The first-order valence-corrected chi connectivity index (χ1v) is 14.4. The molecule has 0 aliphatic heterocycles. The summed E-state index contributed by atoms with van der Waals surface area (Å²) in [6, 6.07) is 2.28. The van der Waals surface area contributed by atoms with Gasteiger partial charge in [-0.3, -0.25) is 14.4 Å². The van der Waals surface area contributed by atoms with Crippen LogP contribution in [-0.4, -0.2) is 17.3 Å². The van der Waals surface area contributed by atoms with E-state index in [1.165, 1.54) is 30.0 Å². The molecule has 0 aromatic heterocycles. The molecule has 0 fully saturated rings. The minimum Gasteiger partial charge on any atom is -0.300 e. The topological polar surface area (TPSA) is 51.2 Å². The molecule has 1 aliphatic carbocycles. The van der Waals surface area contributed by atoms with Gasteiger partial charge in [-0.25, -0.2) is 0 Å². The number of rotatable bonds is 10. The van der Waals surface area contributed by atoms with Crippen molar-refractivity contribution in [3.8, 4) is 0 Å². The Morgan fingerprint density at radius 2 is 1.61 bits per heavy atom. The van der Waals surface area contributed by atoms with E-state index in [4.69, 9.17) is 0 Å². The van der Waals surface area contributed by atoms with Crippen LogP contribution in [0.25, 0.3) is 0 Å². The molecule has 3 nitrogen and oxygen atoms in total. The third kappa shape index (κ3) is 8.96. The Bertz CT molecular complexity index is 900. The van der Waals surface area contributed by atoms with Crippen LogP contribution in [0.3, 0.4) is 0 Å². The Morgan fingerprint density at radius 3 is 2.06 bits per heavy atom. The van der Waals surface area contributed by atoms with Crippen LogP contribution in [0.15, 0.2) is 6.07 Å². The predicted molar refractivity (Wildman–Crippen MR) is 153 cm³/mol. The van der Waals surface area contributed by atoms with E-state index in [1.807, 2.05) is 6.92 Å². The molecule has 0 saturated carbocycles. The number of ketones is 3. The lowest BCUT2D eigenvalue weighted by atomic mass is 9.70. The second-order valence-corrected chi connectivity index (χ2v) is 12.6. The largest absolute Gasteiger partial charge is 0.300 e. The van der Waals surface area contributed by atoms with Gasteiger partial charge in [-0.05, 0) is 85.5 Å². The number of Topliss-reactive ketones (excluding diaryl/α,β-unsaturated/α-hetero) is 3. The molecular weight excluding hydrogens is 444 g/mol. The van der Waals surface area contributed by atoms with E-state index in [-0.39, 0.29) is 46.9 Å². The van der Waals surface area contributed by atoms with Crippen molar-refractivity contribution in [1.29, 1.82) is 0 Å². The van der Waals surface area contributed by atoms with Crippen LogP contribution in [-0.2, 0) is 21.4 Å². The zero-order valence-electron chi connectivity index (χ0n) is 25.3. The second-order valence-electron chi connectivity index (χ2n) is 12.6. The van der Waals surface area contributed by atoms with E-state index >= 15 is 0 Å². The van der Waals surface area contributed by atoms with Crippen molar-refractivity contribution < 1.29 is 14.4 Å². The highest BCUT2D eigenvalue weighted by molar-refractivity contribution is 6.01. The maximum Gasteiger partial charge on any atom is 0.163 e. The minimum atomic E-state index is -0.0774. The predicted octanol–water partition coefficient (Wildman–Crippen LogP) is 8.78. The monoisotopic (exact) mass is 498 g/mol. The molecule has 0 spiro atoms. The maximum atomic E-state index is 13.3. The summed E-state index contributed by atoms with van der Waals surface area (Å²) in [6.45, 7) is 23.2. The molecule has 1 aromatic carbocycles. The van der Waals surface area contributed by atoms with E-state index in [0.717, 1.165) is 49.1 Å². The Hall–Kier alpha value is -1.77. The van der Waals surface area contributed by atoms with Crippen LogP contribution >= 0.6 is 0 Å². The summed E-state index contributed by atoms with van der Waals surface area (Å²) in [5.74, 6) is 1.61. The minimum absolute atomic E-state index is 0.0125. The van der Waals surface area contributed by atoms with E-state index in [1.54, 1.807) is 0 Å². The number of aryl methyl sites for hydroxylation is 1. The van der Waals surface area contributed by atoms with E-state index in [0.29, 0.717) is 6.42 Å². The Labute approximate surface area is 222 Å². The van der Waals surface area contributed by atoms with Crippen molar-refractivity contribution in [2.75, 3.05) is 0 Å². The molecule has 0 amide bonds. The van der Waals surface area contributed by atoms with Crippen LogP contribution in [0.4, 0.5) is 0 Å². The molecule has 1 aromatic rings. The first kappa shape index (κ1) is 32.3. The molecule has 3 unspecified atom stereocenters. The van der Waals surface area contributed by atoms with Gasteiger partial charge in [0.15, 0.2) is 5.78 Å². The molecule has 0 heterocycles. The molecule has 3 heteroatoms. The van der Waals surface area contributed by atoms with Crippen LogP contribution in [0, 0.1) is 37.5 Å². The van der Waals surface area contributed by atoms with Gasteiger partial charge in [0.1, 0.15) is 11.6 Å². The van der Waals surface area contributed by atoms with Gasteiger partial charge in [0.25, 0.3) is 0 Å². The van der Waals surface area contributed by atoms with Crippen LogP contribution in [0.1, 0.15) is 140 Å². The Kier molecular flexibility index (Phi) is 12.8. The second kappa shape index (κ2) is 14.2. The average molecular weight is 499 g/mol. The lowest BCUT2D eigenvalue weighted by Gasteiger charge is -2.34. The van der Waals surface area contributed by atoms with Gasteiger partial charge in [-0.2, -0.15) is 0 Å². The summed E-state index contributed by atoms with van der Waals surface area (Å²) in [4.78, 5) is 37.6. The molecule has 3 atom stereocenters. The maximum absolute atomic E-state index is 13.3. The molecule has 2 rings (SSSR count). The van der Waals surface area contributed by atoms with Gasteiger partial charge in [0.2, 0.25) is 0 Å². The van der Waals surface area contributed by atoms with Gasteiger partial charge in [0.05, 0.1) is 6.42 Å². The Morgan fingerprint density at radius 1 is 1.03 bits per heavy atom. The number of benzene rings is 1. The fourth-order valence-corrected chi connectivity index (χ4v) is 5.76. The third-order valence-corrected chi connectivity index (χ3v) is 7.93. The van der Waals surface area contributed by atoms with Crippen molar-refractivity contribution in [2.24, 2.45) is 23.7 Å². The first-order valence-electron chi connectivity index (χ1n) is 14.4. The smallest absolute Gasteiger partial charge is 0.163 e. The lowest BCUT2D eigenvalue weighted by molar-refractivity contribution is -0.129. The summed E-state index contributed by atoms with van der Waals surface area (Å²) < 4.78 is 0. The van der Waals surface area contributed by atoms with Crippen LogP contribution in [0.2, 0.25) is 0 Å². The fraction of sp³-hybridized carbons (Fsp3) is 0.727. The van der Waals surface area contributed by atoms with Crippen LogP contribution < -0.4 is 0 Å². The van der Waals surface area contributed by atoms with Gasteiger partial charge >= 0.3 is 0 Å². The normalized spacial score (nSPS) is 17.2. The van der Waals surface area contributed by atoms with Crippen molar-refractivity contribution in [3.63, 3.8) is 0 Å². The van der Waals surface area contributed by atoms with Crippen molar-refractivity contribution in [3.05, 3.63) is 33.9 Å². The molecule has 0 saturated heterocycles. The molecule has 36 heavy (non-hydrogen) atoms. The molecule has 1 aliphatic rings. The van der Waals surface area contributed by atoms with E-state index in [9.17, 15) is 14.4 Å². The quantitative estimate of drug-likeness (QED) is 0.303. The standard InChI is InChI=1S/C28H42O3.C5H12/c1-9-11-21(22(10-2)25(30)13-18(4)29)14-20-15-23-17(3)12-24(28(6,7)8)19(5)27(23)26(31)16-20;1-4-5(2)3/h12,20-22H,9-11,13-16H2,1-8H3;5H,4H2,1-3H3. The summed E-state index contributed by atoms with van der Waals surface area (Å²) in [5, 5.41) is 0. The highest BCUT2D eigenvalue weighted by Gasteiger charge is 2.34. The number of hydrogen-bond donors (Lipinski definition) is 0. The molecule has 0 radical (unpaired) electrons. The highest BCUT2D eigenvalue weighted by atomic mass is 16.1. The number of hydrogen-bond acceptors (Lipinski definition) is 3. The molecule has 204 valence electrons. The summed E-state index contributed by atoms with van der Waals surface area (Å²) in [7, 11) is 0. The number of carbonyl (C=O) groups excluding carboxylic acids is 3. The SMILES string of the molecule is CCC(C)C.CCCC(CC1CC(=O)c2c(C)c(C(C)(C)C)cc(C)c2C1)C(CC)C(=O)CC(C)=O. The van der Waals surface area contributed by atoms with Crippen molar-refractivity contribution >= 4 is 17.3 Å². The molecular formula is C33H54O3. The summed E-state index contributed by atoms with van der Waals surface area (Å²) in [6.07, 6.45) is 6.47. The van der Waals surface area contributed by atoms with Gasteiger partial charge in [-0.1, -0.05) is 80.7 Å². The zero-order valence-corrected chi connectivity index (χ0v) is 25.3. The number of fused-ring (bicyclic) bond motifs is 1. The summed E-state index contributed by atoms with van der Waals surface area (Å²) >= 11 is 0. The number of carbonyl (C=O) groups is 3. The lowest BCUT2D eigenvalue weighted by Crippen LogP contribution is -2.30. The van der Waals surface area contributed by atoms with Gasteiger partial charge in [0, 0.05) is 17.9 Å².